The van der Waals surface area contributed by atoms with E-state index in [1.165, 1.54) is 238 Å². The molecule has 0 heterocycles. The van der Waals surface area contributed by atoms with E-state index in [9.17, 15) is 14.4 Å². The fraction of sp³-hybridized carbons (Fsp3) is 0.803. The van der Waals surface area contributed by atoms with Gasteiger partial charge in [0.1, 0.15) is 13.2 Å². The highest BCUT2D eigenvalue weighted by Gasteiger charge is 2.19. The lowest BCUT2D eigenvalue weighted by molar-refractivity contribution is -0.167. The van der Waals surface area contributed by atoms with Crippen LogP contribution < -0.4 is 0 Å². The quantitative estimate of drug-likeness (QED) is 0.0261. The molecule has 476 valence electrons. The van der Waals surface area contributed by atoms with E-state index in [2.05, 4.69) is 93.7 Å². The number of allylic oxidation sites excluding steroid dienone is 12. The average molecular weight is 1150 g/mol. The molecule has 0 amide bonds. The van der Waals surface area contributed by atoms with Crippen LogP contribution in [0.25, 0.3) is 0 Å². The molecule has 0 aromatic heterocycles. The third-order valence-electron chi connectivity index (χ3n) is 16.0. The first-order valence-corrected chi connectivity index (χ1v) is 35.9. The zero-order valence-corrected chi connectivity index (χ0v) is 54.8. The summed E-state index contributed by atoms with van der Waals surface area (Å²) >= 11 is 0. The summed E-state index contributed by atoms with van der Waals surface area (Å²) in [4.78, 5) is 38.2. The Hall–Kier alpha value is -3.15. The van der Waals surface area contributed by atoms with Gasteiger partial charge in [0, 0.05) is 19.3 Å². The number of unbranched alkanes of at least 4 members (excludes halogenated alkanes) is 43. The Morgan fingerprint density at radius 2 is 0.476 bits per heavy atom. The van der Waals surface area contributed by atoms with Crippen molar-refractivity contribution in [1.29, 1.82) is 0 Å². The molecule has 0 radical (unpaired) electrons. The SMILES string of the molecule is CC/C=C\C/C=C\C/C=C\C/C=C\C/C=C\C/C=C\CCCCCCCCCCCCCCCCC(=O)OCC(COC(=O)CCCCCCCCC)OC(=O)CCCCCCCCCCCCCCCCCCCCCCCCCC. The predicted molar refractivity (Wildman–Crippen MR) is 358 cm³/mol. The second kappa shape index (κ2) is 70.3. The summed E-state index contributed by atoms with van der Waals surface area (Å²) in [6, 6.07) is 0. The average Bonchev–Trinajstić information content (AvgIpc) is 3.48. The lowest BCUT2D eigenvalue weighted by Gasteiger charge is -2.18. The molecule has 0 saturated carbocycles. The van der Waals surface area contributed by atoms with Gasteiger partial charge in [0.05, 0.1) is 0 Å². The largest absolute Gasteiger partial charge is 0.462 e. The molecule has 1 unspecified atom stereocenters. The van der Waals surface area contributed by atoms with Gasteiger partial charge in [-0.25, -0.2) is 0 Å². The second-order valence-corrected chi connectivity index (χ2v) is 24.1. The van der Waals surface area contributed by atoms with Crippen LogP contribution in [0, 0.1) is 0 Å². The van der Waals surface area contributed by atoms with Gasteiger partial charge in [0.25, 0.3) is 0 Å². The van der Waals surface area contributed by atoms with Crippen LogP contribution in [0.5, 0.6) is 0 Å². The Morgan fingerprint density at radius 1 is 0.256 bits per heavy atom. The molecule has 82 heavy (non-hydrogen) atoms. The minimum Gasteiger partial charge on any atom is -0.462 e. The lowest BCUT2D eigenvalue weighted by atomic mass is 10.0. The van der Waals surface area contributed by atoms with Crippen molar-refractivity contribution in [3.63, 3.8) is 0 Å². The molecule has 6 nitrogen and oxygen atoms in total. The minimum atomic E-state index is -0.770. The molecule has 0 N–H and O–H groups in total. The molecule has 0 aromatic rings. The Kier molecular flexibility index (Phi) is 67.6. The maximum absolute atomic E-state index is 12.9. The van der Waals surface area contributed by atoms with Crippen LogP contribution in [0.3, 0.4) is 0 Å². The fourth-order valence-corrected chi connectivity index (χ4v) is 10.6. The van der Waals surface area contributed by atoms with Gasteiger partial charge in [-0.15, -0.1) is 0 Å². The van der Waals surface area contributed by atoms with Crippen molar-refractivity contribution in [2.75, 3.05) is 13.2 Å². The molecule has 0 aliphatic carbocycles. The van der Waals surface area contributed by atoms with E-state index in [0.29, 0.717) is 19.3 Å². The molecule has 0 aliphatic rings. The summed E-state index contributed by atoms with van der Waals surface area (Å²) in [7, 11) is 0. The van der Waals surface area contributed by atoms with Crippen molar-refractivity contribution in [2.45, 2.75) is 380 Å². The molecule has 0 rings (SSSR count). The van der Waals surface area contributed by atoms with E-state index < -0.39 is 6.10 Å². The molecule has 0 spiro atoms. The first-order chi connectivity index (χ1) is 40.5. The molecular formula is C76H136O6. The topological polar surface area (TPSA) is 78.9 Å². The van der Waals surface area contributed by atoms with Crippen LogP contribution in [0.2, 0.25) is 0 Å². The molecule has 0 aliphatic heterocycles. The van der Waals surface area contributed by atoms with E-state index >= 15 is 0 Å². The van der Waals surface area contributed by atoms with Crippen LogP contribution in [-0.4, -0.2) is 37.2 Å². The van der Waals surface area contributed by atoms with Gasteiger partial charge in [-0.1, -0.05) is 357 Å². The third-order valence-corrected chi connectivity index (χ3v) is 16.0. The summed E-state index contributed by atoms with van der Waals surface area (Å²) in [5.41, 5.74) is 0. The highest BCUT2D eigenvalue weighted by molar-refractivity contribution is 5.71. The summed E-state index contributed by atoms with van der Waals surface area (Å²) in [5.74, 6) is -0.854. The number of ether oxygens (including phenoxy) is 3. The van der Waals surface area contributed by atoms with Crippen LogP contribution in [-0.2, 0) is 28.6 Å². The smallest absolute Gasteiger partial charge is 0.306 e. The lowest BCUT2D eigenvalue weighted by Crippen LogP contribution is -2.30. The first-order valence-electron chi connectivity index (χ1n) is 35.9. The van der Waals surface area contributed by atoms with Gasteiger partial charge in [0.15, 0.2) is 6.10 Å². The van der Waals surface area contributed by atoms with Crippen LogP contribution in [0.4, 0.5) is 0 Å². The van der Waals surface area contributed by atoms with E-state index in [-0.39, 0.29) is 31.1 Å². The molecule has 0 saturated heterocycles. The van der Waals surface area contributed by atoms with Crippen LogP contribution >= 0.6 is 0 Å². The van der Waals surface area contributed by atoms with Crippen molar-refractivity contribution in [3.05, 3.63) is 72.9 Å². The Bertz CT molecular complexity index is 1500. The van der Waals surface area contributed by atoms with Crippen molar-refractivity contribution >= 4 is 17.9 Å². The van der Waals surface area contributed by atoms with Gasteiger partial charge in [0.2, 0.25) is 0 Å². The number of esters is 3. The van der Waals surface area contributed by atoms with Crippen molar-refractivity contribution in [1.82, 2.24) is 0 Å². The summed E-state index contributed by atoms with van der Waals surface area (Å²) in [6.07, 6.45) is 92.5. The molecule has 6 heteroatoms. The van der Waals surface area contributed by atoms with Gasteiger partial charge >= 0.3 is 17.9 Å². The zero-order chi connectivity index (χ0) is 59.2. The van der Waals surface area contributed by atoms with E-state index in [1.807, 2.05) is 0 Å². The summed E-state index contributed by atoms with van der Waals surface area (Å²) < 4.78 is 16.9. The van der Waals surface area contributed by atoms with Crippen LogP contribution in [0.15, 0.2) is 72.9 Å². The summed E-state index contributed by atoms with van der Waals surface area (Å²) in [6.45, 7) is 6.54. The number of rotatable bonds is 66. The van der Waals surface area contributed by atoms with Gasteiger partial charge in [-0.05, 0) is 70.6 Å². The second-order valence-electron chi connectivity index (χ2n) is 24.1. The van der Waals surface area contributed by atoms with E-state index in [0.717, 1.165) is 96.3 Å². The van der Waals surface area contributed by atoms with Gasteiger partial charge in [-0.3, -0.25) is 14.4 Å². The monoisotopic (exact) mass is 1150 g/mol. The molecular weight excluding hydrogens is 1010 g/mol. The molecule has 0 fully saturated rings. The van der Waals surface area contributed by atoms with Crippen molar-refractivity contribution < 1.29 is 28.6 Å². The van der Waals surface area contributed by atoms with Crippen molar-refractivity contribution in [3.8, 4) is 0 Å². The Morgan fingerprint density at radius 3 is 0.744 bits per heavy atom. The summed E-state index contributed by atoms with van der Waals surface area (Å²) in [5, 5.41) is 0. The number of hydrogen-bond acceptors (Lipinski definition) is 6. The fourth-order valence-electron chi connectivity index (χ4n) is 10.6. The van der Waals surface area contributed by atoms with E-state index in [1.54, 1.807) is 0 Å². The zero-order valence-electron chi connectivity index (χ0n) is 54.8. The number of carbonyl (C=O) groups is 3. The van der Waals surface area contributed by atoms with Gasteiger partial charge in [-0.2, -0.15) is 0 Å². The highest BCUT2D eigenvalue weighted by atomic mass is 16.6. The minimum absolute atomic E-state index is 0.0693. The van der Waals surface area contributed by atoms with E-state index in [4.69, 9.17) is 14.2 Å². The number of hydrogen-bond donors (Lipinski definition) is 0. The maximum atomic E-state index is 12.9. The molecule has 1 atom stereocenters. The third kappa shape index (κ3) is 67.6. The molecule has 0 aromatic carbocycles. The Labute approximate surface area is 510 Å². The molecule has 0 bridgehead atoms. The first kappa shape index (κ1) is 78.8. The maximum Gasteiger partial charge on any atom is 0.306 e. The van der Waals surface area contributed by atoms with Crippen molar-refractivity contribution in [2.24, 2.45) is 0 Å². The standard InChI is InChI=1S/C76H136O6/c1-4-7-10-13-16-18-20-22-24-26-28-30-32-34-35-36-37-38-39-40-41-42-44-45-47-49-51-53-55-57-60-63-66-69-75(78)81-72-73(71-80-74(77)68-65-62-59-15-12-9-6-3)82-76(79)70-67-64-61-58-56-54-52-50-48-46-43-33-31-29-27-25-23-21-19-17-14-11-8-5-2/h7,10,16,18,22,24,28,30,34-35,37-38,73H,4-6,8-9,11-15,17,19-21,23,25-27,29,31-33,36,39-72H2,1-3H3/b10-7-,18-16-,24-22-,30-28-,35-34-,38-37-. The number of carbonyl (C=O) groups excluding carboxylic acids is 3. The normalized spacial score (nSPS) is 12.5. The predicted octanol–water partition coefficient (Wildman–Crippen LogP) is 24.8. The van der Waals surface area contributed by atoms with Gasteiger partial charge < -0.3 is 14.2 Å². The Balaban J connectivity index is 4.02. The van der Waals surface area contributed by atoms with Crippen LogP contribution in [0.1, 0.15) is 374 Å². The highest BCUT2D eigenvalue weighted by Crippen LogP contribution is 2.18.